The van der Waals surface area contributed by atoms with Crippen molar-refractivity contribution in [2.24, 2.45) is 11.5 Å². The minimum atomic E-state index is -1.18. The summed E-state index contributed by atoms with van der Waals surface area (Å²) in [6.45, 7) is 10.6. The quantitative estimate of drug-likeness (QED) is 0.177. The van der Waals surface area contributed by atoms with Crippen molar-refractivity contribution in [3.8, 4) is 0 Å². The number of aliphatic hydroxyl groups is 2. The number of carboxylic acids is 4. The molecule has 266 valence electrons. The number of rotatable bonds is 6. The molecule has 4 atom stereocenters. The number of carboxylic acid groups (broad SMARTS) is 4. The molecule has 5 heterocycles. The normalized spacial score (nSPS) is 14.8. The predicted molar refractivity (Wildman–Crippen MR) is 186 cm³/mol. The third-order valence-corrected chi connectivity index (χ3v) is 8.10. The molecule has 0 fully saturated rings. The molecule has 8 bridgehead atoms. The van der Waals surface area contributed by atoms with Gasteiger partial charge in [0, 0.05) is 11.0 Å². The topological polar surface area (TPSA) is 299 Å². The summed E-state index contributed by atoms with van der Waals surface area (Å²) >= 11 is 0. The van der Waals surface area contributed by atoms with E-state index in [2.05, 4.69) is 9.97 Å². The molecule has 0 aromatic carbocycles. The molecule has 0 saturated carbocycles. The SMILES string of the molecule is CC1=C(C)c2cc3cc(C(=O)O)c(cc4[nH]c(cc5nc(cc1n2)C(C)=C5C)cc4C(=O)O)[nH]3.C[C@@H](O)[C@H](N)C(=O)O.C[C@@H](O)[C@H](N)C(=O)O. The Labute approximate surface area is 285 Å². The highest BCUT2D eigenvalue weighted by Gasteiger charge is 2.19. The Balaban J connectivity index is 0.000000352. The van der Waals surface area contributed by atoms with Crippen molar-refractivity contribution in [2.75, 3.05) is 0 Å². The fraction of sp³-hybridized carbons (Fsp3) is 0.294. The summed E-state index contributed by atoms with van der Waals surface area (Å²) < 4.78 is 0. The van der Waals surface area contributed by atoms with Gasteiger partial charge in [0.15, 0.2) is 0 Å². The Bertz CT molecular complexity index is 1930. The minimum absolute atomic E-state index is 0.0353. The van der Waals surface area contributed by atoms with Gasteiger partial charge in [0.05, 0.1) is 57.1 Å². The van der Waals surface area contributed by atoms with E-state index in [0.717, 1.165) is 45.1 Å². The zero-order valence-electron chi connectivity index (χ0n) is 28.1. The van der Waals surface area contributed by atoms with Gasteiger partial charge in [0.25, 0.3) is 0 Å². The molecule has 16 heteroatoms. The van der Waals surface area contributed by atoms with Crippen molar-refractivity contribution in [2.45, 2.75) is 65.8 Å². The zero-order chi connectivity index (χ0) is 37.8. The first-order valence-electron chi connectivity index (χ1n) is 15.2. The van der Waals surface area contributed by atoms with E-state index in [-0.39, 0.29) is 22.2 Å². The van der Waals surface area contributed by atoms with Gasteiger partial charge in [0.2, 0.25) is 0 Å². The highest BCUT2D eigenvalue weighted by Crippen LogP contribution is 2.33. The number of fused-ring (bicyclic) bond motifs is 8. The highest BCUT2D eigenvalue weighted by molar-refractivity contribution is 6.02. The van der Waals surface area contributed by atoms with Crippen molar-refractivity contribution in [3.63, 3.8) is 0 Å². The molecule has 5 rings (SSSR count). The molecule has 0 amide bonds. The highest BCUT2D eigenvalue weighted by atomic mass is 16.4. The average Bonchev–Trinajstić information content (AvgIpc) is 3.76. The predicted octanol–water partition coefficient (Wildman–Crippen LogP) is 3.17. The molecule has 2 aliphatic heterocycles. The number of aromatic carboxylic acids is 2. The number of aliphatic hydroxyl groups excluding tert-OH is 2. The van der Waals surface area contributed by atoms with Gasteiger partial charge in [-0.25, -0.2) is 19.6 Å². The average molecular weight is 693 g/mol. The number of hydrogen-bond donors (Lipinski definition) is 10. The van der Waals surface area contributed by atoms with Crippen LogP contribution in [0.2, 0.25) is 0 Å². The molecule has 0 saturated heterocycles. The number of nitrogens with zero attached hydrogens (tertiary/aromatic N) is 2. The van der Waals surface area contributed by atoms with Gasteiger partial charge < -0.3 is 52.1 Å². The number of H-pyrrole nitrogens is 2. The van der Waals surface area contributed by atoms with E-state index in [9.17, 15) is 29.4 Å². The first-order valence-corrected chi connectivity index (χ1v) is 15.2. The summed E-state index contributed by atoms with van der Waals surface area (Å²) in [6.07, 6.45) is -1.96. The molecule has 50 heavy (non-hydrogen) atoms. The number of aliphatic carboxylic acids is 2. The second kappa shape index (κ2) is 15.7. The van der Waals surface area contributed by atoms with Gasteiger partial charge in [-0.05, 0) is 100 Å². The molecular weight excluding hydrogens is 652 g/mol. The number of nitrogens with one attached hydrogen (secondary N) is 2. The summed E-state index contributed by atoms with van der Waals surface area (Å²) in [6, 6.07) is 7.77. The maximum Gasteiger partial charge on any atom is 0.337 e. The number of aromatic amines is 2. The fourth-order valence-corrected chi connectivity index (χ4v) is 4.63. The van der Waals surface area contributed by atoms with Gasteiger partial charge >= 0.3 is 23.9 Å². The Kier molecular flexibility index (Phi) is 12.2. The van der Waals surface area contributed by atoms with Crippen LogP contribution in [0.3, 0.4) is 0 Å². The summed E-state index contributed by atoms with van der Waals surface area (Å²) in [5.41, 5.74) is 18.7. The summed E-state index contributed by atoms with van der Waals surface area (Å²) in [5.74, 6) is -4.60. The van der Waals surface area contributed by atoms with Crippen molar-refractivity contribution < 1.29 is 49.8 Å². The lowest BCUT2D eigenvalue weighted by molar-refractivity contribution is -0.141. The molecule has 16 nitrogen and oxygen atoms in total. The molecule has 0 unspecified atom stereocenters. The number of nitrogens with two attached hydrogens (primary N) is 2. The summed E-state index contributed by atoms with van der Waals surface area (Å²) in [7, 11) is 0. The molecule has 0 radical (unpaired) electrons. The zero-order valence-corrected chi connectivity index (χ0v) is 28.1. The lowest BCUT2D eigenvalue weighted by Gasteiger charge is -2.07. The first-order chi connectivity index (χ1) is 23.2. The Morgan fingerprint density at radius 1 is 0.560 bits per heavy atom. The monoisotopic (exact) mass is 692 g/mol. The van der Waals surface area contributed by atoms with Crippen LogP contribution in [-0.4, -0.2) is 98.7 Å². The van der Waals surface area contributed by atoms with E-state index in [1.165, 1.54) is 32.0 Å². The minimum Gasteiger partial charge on any atom is -0.480 e. The Hall–Kier alpha value is -5.68. The maximum atomic E-state index is 11.9. The van der Waals surface area contributed by atoms with E-state index in [1.54, 1.807) is 12.1 Å². The second-order valence-corrected chi connectivity index (χ2v) is 11.8. The van der Waals surface area contributed by atoms with Crippen LogP contribution in [0.4, 0.5) is 0 Å². The van der Waals surface area contributed by atoms with E-state index in [1.807, 2.05) is 33.8 Å². The van der Waals surface area contributed by atoms with E-state index >= 15 is 0 Å². The third kappa shape index (κ3) is 8.86. The van der Waals surface area contributed by atoms with Crippen LogP contribution in [0, 0.1) is 0 Å². The van der Waals surface area contributed by atoms with Crippen molar-refractivity contribution in [1.82, 2.24) is 19.9 Å². The molecular formula is C34H40N6O10. The van der Waals surface area contributed by atoms with Crippen LogP contribution in [0.5, 0.6) is 0 Å². The van der Waals surface area contributed by atoms with Crippen LogP contribution in [0.1, 0.15) is 85.0 Å². The lowest BCUT2D eigenvalue weighted by atomic mass is 10.1. The van der Waals surface area contributed by atoms with E-state index < -0.39 is 48.2 Å². The third-order valence-electron chi connectivity index (χ3n) is 8.10. The van der Waals surface area contributed by atoms with E-state index in [0.29, 0.717) is 11.0 Å². The summed E-state index contributed by atoms with van der Waals surface area (Å²) in [5, 5.41) is 52.6. The smallest absolute Gasteiger partial charge is 0.337 e. The van der Waals surface area contributed by atoms with Gasteiger partial charge in [-0.1, -0.05) is 0 Å². The van der Waals surface area contributed by atoms with E-state index in [4.69, 9.17) is 41.9 Å². The molecule has 2 aliphatic rings. The van der Waals surface area contributed by atoms with Crippen molar-refractivity contribution in [1.29, 1.82) is 0 Å². The van der Waals surface area contributed by atoms with Gasteiger partial charge in [-0.3, -0.25) is 9.59 Å². The molecule has 12 N–H and O–H groups in total. The van der Waals surface area contributed by atoms with Gasteiger partial charge in [-0.2, -0.15) is 0 Å². The Morgan fingerprint density at radius 3 is 1.10 bits per heavy atom. The molecule has 3 aromatic heterocycles. The molecule has 0 spiro atoms. The fourth-order valence-electron chi connectivity index (χ4n) is 4.63. The Morgan fingerprint density at radius 2 is 0.860 bits per heavy atom. The number of hydrogen-bond acceptors (Lipinski definition) is 10. The summed E-state index contributed by atoms with van der Waals surface area (Å²) in [4.78, 5) is 59.3. The van der Waals surface area contributed by atoms with Crippen molar-refractivity contribution >= 4 is 68.2 Å². The van der Waals surface area contributed by atoms with Crippen LogP contribution in [0.15, 0.2) is 36.4 Å². The van der Waals surface area contributed by atoms with Crippen LogP contribution in [0.25, 0.3) is 44.4 Å². The van der Waals surface area contributed by atoms with Crippen LogP contribution in [-0.2, 0) is 9.59 Å². The van der Waals surface area contributed by atoms with Crippen LogP contribution >= 0.6 is 0 Å². The lowest BCUT2D eigenvalue weighted by Crippen LogP contribution is -2.39. The maximum absolute atomic E-state index is 11.9. The largest absolute Gasteiger partial charge is 0.480 e. The van der Waals surface area contributed by atoms with Gasteiger partial charge in [-0.15, -0.1) is 0 Å². The molecule has 3 aromatic rings. The van der Waals surface area contributed by atoms with Crippen LogP contribution < -0.4 is 11.5 Å². The van der Waals surface area contributed by atoms with Gasteiger partial charge in [0.1, 0.15) is 12.1 Å². The second-order valence-electron chi connectivity index (χ2n) is 11.8. The number of allylic oxidation sites excluding steroid dienone is 4. The van der Waals surface area contributed by atoms with Crippen molar-refractivity contribution in [3.05, 3.63) is 70.3 Å². The first kappa shape index (κ1) is 38.8. The standard InChI is InChI=1S/C26H22N4O4.2C4H9NO3/c1-11-13(3)21-9-22-14(4)12(2)20(30-22)8-16-6-18(26(33)34)24(28-16)10-23-17(25(31)32)5-15(27-23)7-19(11)29-21;2*1-2(6)3(5)4(7)8/h5-10,27-28H,1-4H3,(H,31,32)(H,33,34);2*2-3,6H,5H2,1H3,(H,7,8)/t;2*2-,3+/m.11/s1. The number of carbonyl (C=O) groups is 4. The molecule has 0 aliphatic carbocycles. The number of aromatic nitrogens is 4.